The van der Waals surface area contributed by atoms with Crippen molar-refractivity contribution in [3.63, 3.8) is 0 Å². The van der Waals surface area contributed by atoms with Gasteiger partial charge in [0.15, 0.2) is 0 Å². The largest absolute Gasteiger partial charge is 0.390 e. The van der Waals surface area contributed by atoms with E-state index in [1.54, 1.807) is 24.5 Å². The number of piperidine rings is 1. The van der Waals surface area contributed by atoms with E-state index in [1.807, 2.05) is 6.07 Å². The number of hydrogen-bond acceptors (Lipinski definition) is 4. The van der Waals surface area contributed by atoms with Crippen LogP contribution in [0.25, 0.3) is 5.57 Å². The topological polar surface area (TPSA) is 65.5 Å². The average molecular weight is 394 g/mol. The zero-order valence-electron chi connectivity index (χ0n) is 17.3. The van der Waals surface area contributed by atoms with E-state index in [0.717, 1.165) is 25.9 Å². The number of carbonyl (C=O) groups excluding carboxylic acids is 1. The minimum Gasteiger partial charge on any atom is -0.390 e. The first-order chi connectivity index (χ1) is 14.0. The van der Waals surface area contributed by atoms with Gasteiger partial charge in [-0.2, -0.15) is 0 Å². The molecule has 1 aromatic carbocycles. The van der Waals surface area contributed by atoms with Crippen LogP contribution in [0.5, 0.6) is 0 Å². The Morgan fingerprint density at radius 1 is 1.24 bits per heavy atom. The van der Waals surface area contributed by atoms with Gasteiger partial charge in [0.2, 0.25) is 0 Å². The van der Waals surface area contributed by atoms with Gasteiger partial charge in [-0.05, 0) is 42.0 Å². The maximum Gasteiger partial charge on any atom is 0.253 e. The maximum atomic E-state index is 12.4. The van der Waals surface area contributed by atoms with E-state index in [2.05, 4.69) is 59.4 Å². The standard InChI is InChI=1S/C24H31N3O2/c1-18(2)10-11-21(19-7-4-3-5-8-19)16-27-14-12-22(23(28)17-27)26-24(29)20-9-6-13-25-15-20/h3-9,11,13,15,18,22-23,28H,10,12,14,16-17H2,1-2H3,(H,26,29)/t22-,23-/m1/s1. The van der Waals surface area contributed by atoms with Crippen LogP contribution in [-0.2, 0) is 0 Å². The highest BCUT2D eigenvalue weighted by Gasteiger charge is 2.29. The lowest BCUT2D eigenvalue weighted by Gasteiger charge is -2.36. The summed E-state index contributed by atoms with van der Waals surface area (Å²) in [4.78, 5) is 18.6. The van der Waals surface area contributed by atoms with Crippen molar-refractivity contribution in [2.24, 2.45) is 5.92 Å². The Kier molecular flexibility index (Phi) is 7.55. The van der Waals surface area contributed by atoms with Gasteiger partial charge in [0.25, 0.3) is 5.91 Å². The molecule has 29 heavy (non-hydrogen) atoms. The molecule has 0 aliphatic carbocycles. The van der Waals surface area contributed by atoms with Crippen molar-refractivity contribution in [1.82, 2.24) is 15.2 Å². The molecule has 5 nitrogen and oxygen atoms in total. The third-order valence-corrected chi connectivity index (χ3v) is 5.28. The molecule has 1 aliphatic rings. The third kappa shape index (κ3) is 6.24. The van der Waals surface area contributed by atoms with Gasteiger partial charge in [0.1, 0.15) is 0 Å². The smallest absolute Gasteiger partial charge is 0.253 e. The van der Waals surface area contributed by atoms with Gasteiger partial charge in [0, 0.05) is 32.0 Å². The molecule has 1 aliphatic heterocycles. The fraction of sp³-hybridized carbons (Fsp3) is 0.417. The average Bonchev–Trinajstić information content (AvgIpc) is 2.74. The molecule has 2 aromatic rings. The minimum atomic E-state index is -0.591. The van der Waals surface area contributed by atoms with Crippen LogP contribution in [0.4, 0.5) is 0 Å². The van der Waals surface area contributed by atoms with E-state index in [-0.39, 0.29) is 11.9 Å². The Bertz CT molecular complexity index is 805. The van der Waals surface area contributed by atoms with Crippen LogP contribution < -0.4 is 5.32 Å². The number of aliphatic hydroxyl groups is 1. The van der Waals surface area contributed by atoms with E-state index in [1.165, 1.54) is 11.1 Å². The summed E-state index contributed by atoms with van der Waals surface area (Å²) in [6.45, 7) is 6.63. The number of carbonyl (C=O) groups is 1. The van der Waals surface area contributed by atoms with Gasteiger partial charge in [-0.1, -0.05) is 50.3 Å². The molecule has 3 rings (SSSR count). The molecule has 0 spiro atoms. The highest BCUT2D eigenvalue weighted by atomic mass is 16.3. The molecule has 2 heterocycles. The lowest BCUT2D eigenvalue weighted by atomic mass is 9.97. The number of likely N-dealkylation sites (tertiary alicyclic amines) is 1. The van der Waals surface area contributed by atoms with E-state index in [9.17, 15) is 9.90 Å². The van der Waals surface area contributed by atoms with Crippen molar-refractivity contribution in [2.75, 3.05) is 19.6 Å². The second kappa shape index (κ2) is 10.3. The van der Waals surface area contributed by atoms with Gasteiger partial charge in [-0.15, -0.1) is 0 Å². The third-order valence-electron chi connectivity index (χ3n) is 5.28. The number of allylic oxidation sites excluding steroid dienone is 1. The van der Waals surface area contributed by atoms with Crippen LogP contribution in [0.3, 0.4) is 0 Å². The molecule has 1 fully saturated rings. The van der Waals surface area contributed by atoms with Crippen molar-refractivity contribution >= 4 is 11.5 Å². The predicted molar refractivity (Wildman–Crippen MR) is 116 cm³/mol. The Balaban J connectivity index is 1.60. The second-order valence-corrected chi connectivity index (χ2v) is 8.14. The van der Waals surface area contributed by atoms with Crippen LogP contribution in [0, 0.1) is 5.92 Å². The van der Waals surface area contributed by atoms with Gasteiger partial charge >= 0.3 is 0 Å². The first-order valence-corrected chi connectivity index (χ1v) is 10.4. The molecule has 1 saturated heterocycles. The Hall–Kier alpha value is -2.50. The zero-order valence-corrected chi connectivity index (χ0v) is 17.3. The molecule has 2 atom stereocenters. The Morgan fingerprint density at radius 2 is 2.00 bits per heavy atom. The van der Waals surface area contributed by atoms with Crippen LogP contribution in [-0.4, -0.2) is 52.7 Å². The summed E-state index contributed by atoms with van der Waals surface area (Å²) >= 11 is 0. The fourth-order valence-electron chi connectivity index (χ4n) is 3.60. The van der Waals surface area contributed by atoms with Crippen LogP contribution in [0.15, 0.2) is 60.9 Å². The number of pyridine rings is 1. The number of aliphatic hydroxyl groups excluding tert-OH is 1. The van der Waals surface area contributed by atoms with Crippen molar-refractivity contribution in [3.8, 4) is 0 Å². The molecule has 154 valence electrons. The molecule has 0 bridgehead atoms. The second-order valence-electron chi connectivity index (χ2n) is 8.14. The molecule has 1 amide bonds. The highest BCUT2D eigenvalue weighted by molar-refractivity contribution is 5.94. The number of nitrogens with one attached hydrogen (secondary N) is 1. The van der Waals surface area contributed by atoms with Gasteiger partial charge in [0.05, 0.1) is 17.7 Å². The summed E-state index contributed by atoms with van der Waals surface area (Å²) in [5.74, 6) is 0.421. The Morgan fingerprint density at radius 3 is 2.66 bits per heavy atom. The molecule has 2 N–H and O–H groups in total. The summed E-state index contributed by atoms with van der Waals surface area (Å²) in [6, 6.07) is 13.7. The van der Waals surface area contributed by atoms with Crippen molar-refractivity contribution in [1.29, 1.82) is 0 Å². The normalized spacial score (nSPS) is 20.6. The van der Waals surface area contributed by atoms with Crippen molar-refractivity contribution < 1.29 is 9.90 Å². The van der Waals surface area contributed by atoms with E-state index < -0.39 is 6.10 Å². The molecular weight excluding hydrogens is 362 g/mol. The summed E-state index contributed by atoms with van der Waals surface area (Å²) in [5, 5.41) is 13.6. The van der Waals surface area contributed by atoms with Crippen LogP contribution in [0.1, 0.15) is 42.6 Å². The number of rotatable bonds is 7. The molecule has 1 aromatic heterocycles. The molecule has 0 unspecified atom stereocenters. The van der Waals surface area contributed by atoms with Crippen molar-refractivity contribution in [3.05, 3.63) is 72.1 Å². The number of hydrogen-bond donors (Lipinski definition) is 2. The van der Waals surface area contributed by atoms with Crippen LogP contribution in [0.2, 0.25) is 0 Å². The van der Waals surface area contributed by atoms with E-state index in [4.69, 9.17) is 0 Å². The lowest BCUT2D eigenvalue weighted by Crippen LogP contribution is -2.54. The van der Waals surface area contributed by atoms with Gasteiger partial charge < -0.3 is 10.4 Å². The quantitative estimate of drug-likeness (QED) is 0.757. The number of nitrogens with zero attached hydrogens (tertiary/aromatic N) is 2. The highest BCUT2D eigenvalue weighted by Crippen LogP contribution is 2.21. The fourth-order valence-corrected chi connectivity index (χ4v) is 3.60. The maximum absolute atomic E-state index is 12.4. The number of benzene rings is 1. The summed E-state index contributed by atoms with van der Waals surface area (Å²) in [6.07, 6.45) is 6.67. The van der Waals surface area contributed by atoms with Crippen LogP contribution >= 0.6 is 0 Å². The first kappa shape index (κ1) is 21.2. The molecular formula is C24H31N3O2. The predicted octanol–water partition coefficient (Wildman–Crippen LogP) is 3.38. The van der Waals surface area contributed by atoms with Gasteiger partial charge in [-0.3, -0.25) is 14.7 Å². The molecule has 0 radical (unpaired) electrons. The summed E-state index contributed by atoms with van der Waals surface area (Å²) < 4.78 is 0. The number of aromatic nitrogens is 1. The van der Waals surface area contributed by atoms with Gasteiger partial charge in [-0.25, -0.2) is 0 Å². The minimum absolute atomic E-state index is 0.183. The molecule has 5 heteroatoms. The lowest BCUT2D eigenvalue weighted by molar-refractivity contribution is 0.0429. The zero-order chi connectivity index (χ0) is 20.6. The molecule has 0 saturated carbocycles. The number of β-amino-alcohol motifs (C(OH)–C–C–N with tert-alkyl or cyclic N) is 1. The number of amides is 1. The Labute approximate surface area is 173 Å². The van der Waals surface area contributed by atoms with E-state index >= 15 is 0 Å². The SMILES string of the molecule is CC(C)CC=C(CN1CC[C@@H](NC(=O)c2cccnc2)[C@H](O)C1)c1ccccc1. The monoisotopic (exact) mass is 393 g/mol. The van der Waals surface area contributed by atoms with E-state index in [0.29, 0.717) is 18.0 Å². The first-order valence-electron chi connectivity index (χ1n) is 10.4. The summed E-state index contributed by atoms with van der Waals surface area (Å²) in [5.41, 5.74) is 3.05. The van der Waals surface area contributed by atoms with Crippen molar-refractivity contribution in [2.45, 2.75) is 38.8 Å². The summed E-state index contributed by atoms with van der Waals surface area (Å²) in [7, 11) is 0.